The fraction of sp³-hybridized carbons (Fsp3) is 0. The van der Waals surface area contributed by atoms with Gasteiger partial charge in [-0.1, -0.05) is 0 Å². The van der Waals surface area contributed by atoms with E-state index < -0.39 is 53.5 Å². The van der Waals surface area contributed by atoms with Crippen molar-refractivity contribution >= 4 is 48.4 Å². The van der Waals surface area contributed by atoms with Crippen LogP contribution in [0.1, 0.15) is 0 Å². The third-order valence-corrected chi connectivity index (χ3v) is 83.1. The third kappa shape index (κ3) is 1.06. The molecule has 0 aliphatic carbocycles. The topological polar surface area (TPSA) is 0 Å². The van der Waals surface area contributed by atoms with E-state index >= 15 is 0 Å². The summed E-state index contributed by atoms with van der Waals surface area (Å²) < 4.78 is 66.2. The van der Waals surface area contributed by atoms with Crippen LogP contribution in [0, 0.1) is 29.1 Å². The van der Waals surface area contributed by atoms with Gasteiger partial charge in [0.05, 0.1) is 12.7 Å². The average Bonchev–Trinajstić information content (AvgIpc) is 3.10. The van der Waals surface area contributed by atoms with Crippen molar-refractivity contribution in [1.29, 1.82) is 0 Å². The van der Waals surface area contributed by atoms with Crippen molar-refractivity contribution in [1.82, 2.24) is 0 Å². The lowest BCUT2D eigenvalue weighted by molar-refractivity contribution is 0.384. The minimum atomic E-state index is -2.44. The fourth-order valence-electron chi connectivity index (χ4n) is 1.78. The molecule has 0 amide bonds. The van der Waals surface area contributed by atoms with Crippen LogP contribution in [0.5, 0.6) is 0 Å². The van der Waals surface area contributed by atoms with Crippen molar-refractivity contribution in [3.63, 3.8) is 0 Å². The maximum atomic E-state index is 13.6. The maximum Gasteiger partial charge on any atom is 0.252 e. The zero-order valence-electron chi connectivity index (χ0n) is 7.50. The van der Waals surface area contributed by atoms with Crippen LogP contribution in [0.2, 0.25) is 0 Å². The van der Waals surface area contributed by atoms with E-state index in [1.165, 1.54) is 0 Å². The summed E-state index contributed by atoms with van der Waals surface area (Å²) in [5, 5.41) is -0.636. The van der Waals surface area contributed by atoms with Gasteiger partial charge in [-0.3, -0.25) is 0 Å². The lowest BCUT2D eigenvalue weighted by atomic mass is 10.3. The Kier molecular flexibility index (Phi) is 2.11. The van der Waals surface area contributed by atoms with Crippen LogP contribution in [-0.2, 0) is 0 Å². The molecular formula is C6ClF5P5+. The van der Waals surface area contributed by atoms with Gasteiger partial charge in [-0.15, -0.1) is 0 Å². The zero-order chi connectivity index (χ0) is 12.3. The predicted molar refractivity (Wildman–Crippen MR) is 66.3 cm³/mol. The van der Waals surface area contributed by atoms with Crippen molar-refractivity contribution in [2.45, 2.75) is 0 Å². The van der Waals surface area contributed by atoms with Gasteiger partial charge in [0.15, 0.2) is 0 Å². The monoisotopic (exact) mass is 357 g/mol. The molecule has 2 aromatic heterocycles. The Balaban J connectivity index is 2.01. The van der Waals surface area contributed by atoms with E-state index in [9.17, 15) is 22.0 Å². The highest BCUT2D eigenvalue weighted by Crippen LogP contribution is 3.43. The highest BCUT2D eigenvalue weighted by molar-refractivity contribution is 9.45. The maximum absolute atomic E-state index is 13.6. The molecule has 0 N–H and O–H groups in total. The second-order valence-electron chi connectivity index (χ2n) is 3.52. The van der Waals surface area contributed by atoms with Crippen LogP contribution >= 0.6 is 43.1 Å². The number of rotatable bonds is 1. The van der Waals surface area contributed by atoms with E-state index in [4.69, 9.17) is 11.2 Å². The van der Waals surface area contributed by atoms with Crippen molar-refractivity contribution in [2.75, 3.05) is 0 Å². The summed E-state index contributed by atoms with van der Waals surface area (Å²) in [4.78, 5) is 0. The van der Waals surface area contributed by atoms with Crippen molar-refractivity contribution < 1.29 is 22.0 Å². The first-order valence-corrected chi connectivity index (χ1v) is 17.2. The van der Waals surface area contributed by atoms with Gasteiger partial charge in [-0.2, -0.15) is 8.78 Å². The Labute approximate surface area is 99.6 Å². The quantitative estimate of drug-likeness (QED) is 0.200. The SMILES string of the molecule is Fc1c(F)c(F)c([P+]2(Cl)p3p4p2p34)c(F)c1F. The second-order valence-corrected chi connectivity index (χ2v) is 40.4. The van der Waals surface area contributed by atoms with Gasteiger partial charge in [0.1, 0.15) is 24.4 Å². The van der Waals surface area contributed by atoms with E-state index in [0.717, 1.165) is 0 Å². The zero-order valence-corrected chi connectivity index (χ0v) is 12.7. The van der Waals surface area contributed by atoms with Crippen LogP contribution in [-0.4, -0.2) is 0 Å². The van der Waals surface area contributed by atoms with Gasteiger partial charge in [0.25, 0.3) is 5.99 Å². The van der Waals surface area contributed by atoms with Crippen molar-refractivity contribution in [3.05, 3.63) is 29.1 Å². The molecule has 2 aliphatic heterocycles. The Hall–Kier alpha value is 0.790. The second kappa shape index (κ2) is 3.09. The summed E-state index contributed by atoms with van der Waals surface area (Å²) in [6, 6.07) is 0. The minimum absolute atomic E-state index is 0.00895. The molecule has 1 aromatic carbocycles. The highest BCUT2D eigenvalue weighted by atomic mass is 35.7. The molecule has 0 nitrogen and oxygen atoms in total. The van der Waals surface area contributed by atoms with Gasteiger partial charge >= 0.3 is 0 Å². The summed E-state index contributed by atoms with van der Waals surface area (Å²) in [7, 11) is 0. The summed E-state index contributed by atoms with van der Waals surface area (Å²) in [5.74, 6) is -11.6. The summed E-state index contributed by atoms with van der Waals surface area (Å²) in [6.45, 7) is -0.960. The molecule has 4 heterocycles. The highest BCUT2D eigenvalue weighted by Gasteiger charge is 2.79. The molecule has 90 valence electrons. The first-order chi connectivity index (χ1) is 7.92. The standard InChI is InChI=1S/C6ClF5P5/c7-17(15-13-14(15)16(13)17)6-4(11)2(9)1(8)3(10)5(6)12/q+1. The summed E-state index contributed by atoms with van der Waals surface area (Å²) in [6.07, 6.45) is 0.0179. The minimum Gasteiger partial charge on any atom is -0.200 e. The summed E-state index contributed by atoms with van der Waals surface area (Å²) in [5.41, 5.74) is 0. The lowest BCUT2D eigenvalue weighted by Gasteiger charge is -2.21. The molecule has 0 saturated carbocycles. The molecule has 3 aromatic rings. The predicted octanol–water partition coefficient (Wildman–Crippen LogP) is 6.55. The molecule has 0 fully saturated rings. The van der Waals surface area contributed by atoms with E-state index in [0.29, 0.717) is 0 Å². The molecule has 11 heteroatoms. The molecule has 5 rings (SSSR count). The molecule has 0 radical (unpaired) electrons. The molecule has 17 heavy (non-hydrogen) atoms. The van der Waals surface area contributed by atoms with Crippen LogP contribution in [0.15, 0.2) is 0 Å². The number of hydrogen-bond donors (Lipinski definition) is 0. The Morgan fingerprint density at radius 2 is 1.06 bits per heavy atom. The Morgan fingerprint density at radius 3 is 1.41 bits per heavy atom. The van der Waals surface area contributed by atoms with E-state index in [1.807, 2.05) is 0 Å². The number of halogens is 6. The largest absolute Gasteiger partial charge is 0.252 e. The summed E-state index contributed by atoms with van der Waals surface area (Å²) >= 11 is 6.23. The fourth-order valence-corrected chi connectivity index (χ4v) is 147. The molecule has 0 atom stereocenters. The van der Waals surface area contributed by atoms with E-state index in [2.05, 4.69) is 0 Å². The number of benzene rings is 1. The van der Waals surface area contributed by atoms with Crippen LogP contribution < -0.4 is 5.30 Å². The molecule has 0 saturated heterocycles. The van der Waals surface area contributed by atoms with Crippen LogP contribution in [0.4, 0.5) is 22.0 Å². The smallest absolute Gasteiger partial charge is 0.200 e. The molecule has 2 bridgehead atoms. The van der Waals surface area contributed by atoms with Crippen LogP contribution in [0.25, 0.3) is 0 Å². The normalized spacial score (nSPS) is 27.2. The molecule has 0 spiro atoms. The van der Waals surface area contributed by atoms with E-state index in [1.54, 1.807) is 0 Å². The van der Waals surface area contributed by atoms with Gasteiger partial charge < -0.3 is 0 Å². The Morgan fingerprint density at radius 1 is 0.706 bits per heavy atom. The average molecular weight is 357 g/mol. The molecular weight excluding hydrogens is 357 g/mol. The third-order valence-electron chi connectivity index (χ3n) is 2.68. The van der Waals surface area contributed by atoms with Gasteiger partial charge in [0.2, 0.25) is 34.4 Å². The van der Waals surface area contributed by atoms with Gasteiger partial charge in [-0.05, 0) is 0 Å². The first-order valence-electron chi connectivity index (χ1n) is 4.24. The molecule has 0 unspecified atom stereocenters. The van der Waals surface area contributed by atoms with Crippen molar-refractivity contribution in [3.8, 4) is 0 Å². The van der Waals surface area contributed by atoms with Gasteiger partial charge in [-0.25, -0.2) is 13.2 Å². The first kappa shape index (κ1) is 11.6. The Bertz CT molecular complexity index is 703. The van der Waals surface area contributed by atoms with Crippen LogP contribution in [0.3, 0.4) is 0 Å². The van der Waals surface area contributed by atoms with E-state index in [-0.39, 0.29) is 12.7 Å². The van der Waals surface area contributed by atoms with Gasteiger partial charge in [0, 0.05) is 0 Å². The molecule has 2 aliphatic rings. The number of hydrogen-bond acceptors (Lipinski definition) is 0. The lowest BCUT2D eigenvalue weighted by Crippen LogP contribution is -2.19. The van der Waals surface area contributed by atoms with Crippen molar-refractivity contribution in [2.24, 2.45) is 0 Å².